The minimum absolute atomic E-state index is 1.22. The molecule has 0 bridgehead atoms. The van der Waals surface area contributed by atoms with Crippen LogP contribution in [-0.2, 0) is 0 Å². The topological polar surface area (TPSA) is 9.86 Å². The van der Waals surface area contributed by atoms with Gasteiger partial charge in [-0.15, -0.1) is 0 Å². The Kier molecular flexibility index (Phi) is 4.52. The molecule has 194 valence electrons. The number of rotatable bonds is 2. The van der Waals surface area contributed by atoms with Crippen molar-refractivity contribution in [1.82, 2.24) is 9.13 Å². The number of benzene rings is 6. The number of aromatic nitrogens is 2. The van der Waals surface area contributed by atoms with E-state index in [1.807, 2.05) is 0 Å². The van der Waals surface area contributed by atoms with Gasteiger partial charge in [0.15, 0.2) is 0 Å². The van der Waals surface area contributed by atoms with Crippen molar-refractivity contribution in [2.45, 2.75) is 13.1 Å². The first kappa shape index (κ1) is 22.9. The second kappa shape index (κ2) is 8.09. The lowest BCUT2D eigenvalue weighted by Gasteiger charge is -2.19. The summed E-state index contributed by atoms with van der Waals surface area (Å²) in [6.07, 6.45) is 0. The third-order valence-electron chi connectivity index (χ3n) is 9.32. The van der Waals surface area contributed by atoms with E-state index in [0.717, 1.165) is 0 Å². The fourth-order valence-corrected chi connectivity index (χ4v) is 10.5. The third kappa shape index (κ3) is 3.01. The van der Waals surface area contributed by atoms with Gasteiger partial charge >= 0.3 is 0 Å². The van der Waals surface area contributed by atoms with Crippen molar-refractivity contribution >= 4 is 62.1 Å². The van der Waals surface area contributed by atoms with Gasteiger partial charge in [-0.05, 0) is 70.0 Å². The summed E-state index contributed by atoms with van der Waals surface area (Å²) in [5, 5.41) is 8.24. The van der Waals surface area contributed by atoms with Gasteiger partial charge in [-0.1, -0.05) is 98.0 Å². The van der Waals surface area contributed by atoms with Crippen LogP contribution in [0, 0.1) is 0 Å². The lowest BCUT2D eigenvalue weighted by Crippen LogP contribution is -2.49. The van der Waals surface area contributed by atoms with Crippen LogP contribution >= 0.6 is 0 Å². The fraction of sp³-hybridized carbons (Fsp3) is 0.0526. The Hall–Kier alpha value is -4.86. The van der Waals surface area contributed by atoms with E-state index in [4.69, 9.17) is 0 Å². The summed E-state index contributed by atoms with van der Waals surface area (Å²) in [5.41, 5.74) is 10.2. The van der Waals surface area contributed by atoms with Crippen molar-refractivity contribution < 1.29 is 0 Å². The predicted molar refractivity (Wildman–Crippen MR) is 177 cm³/mol. The molecule has 0 aliphatic carbocycles. The molecule has 3 heterocycles. The van der Waals surface area contributed by atoms with Gasteiger partial charge in [0, 0.05) is 32.9 Å². The standard InChI is InChI=1S/C38H28N2Si/c1-41(2)37-21-19-25(39-33-15-7-3-11-27(33)28-12-4-8-16-34(28)39)23-31(37)32-24-26(20-22-38(32)41)40-35-17-9-5-13-29(35)30-14-6-10-18-36(30)40/h3-24H,1-2H3. The summed E-state index contributed by atoms with van der Waals surface area (Å²) in [5.74, 6) is 0. The summed E-state index contributed by atoms with van der Waals surface area (Å²) in [6.45, 7) is 5.00. The van der Waals surface area contributed by atoms with E-state index in [1.54, 1.807) is 0 Å². The molecule has 0 saturated carbocycles. The van der Waals surface area contributed by atoms with Gasteiger partial charge in [0.1, 0.15) is 8.07 Å². The molecule has 1 aliphatic rings. The van der Waals surface area contributed by atoms with E-state index in [0.29, 0.717) is 0 Å². The molecule has 0 atom stereocenters. The number of para-hydroxylation sites is 4. The highest BCUT2D eigenvalue weighted by Gasteiger charge is 2.38. The van der Waals surface area contributed by atoms with Crippen molar-refractivity contribution in [3.63, 3.8) is 0 Å². The Morgan fingerprint density at radius 3 is 1.05 bits per heavy atom. The van der Waals surface area contributed by atoms with Gasteiger partial charge in [0.2, 0.25) is 0 Å². The van der Waals surface area contributed by atoms with Gasteiger partial charge in [-0.3, -0.25) is 0 Å². The van der Waals surface area contributed by atoms with Crippen LogP contribution in [0.25, 0.3) is 66.1 Å². The maximum atomic E-state index is 2.50. The molecule has 41 heavy (non-hydrogen) atoms. The number of hydrogen-bond acceptors (Lipinski definition) is 0. The molecule has 0 fully saturated rings. The van der Waals surface area contributed by atoms with E-state index < -0.39 is 8.07 Å². The molecule has 6 aromatic carbocycles. The van der Waals surface area contributed by atoms with Crippen LogP contribution < -0.4 is 10.4 Å². The highest BCUT2D eigenvalue weighted by Crippen LogP contribution is 2.37. The first-order valence-corrected chi connectivity index (χ1v) is 17.4. The molecule has 0 radical (unpaired) electrons. The van der Waals surface area contributed by atoms with E-state index in [1.165, 1.54) is 76.5 Å². The monoisotopic (exact) mass is 540 g/mol. The molecule has 2 aromatic heterocycles. The zero-order chi connectivity index (χ0) is 27.3. The fourth-order valence-electron chi connectivity index (χ4n) is 7.42. The van der Waals surface area contributed by atoms with Crippen LogP contribution in [-0.4, -0.2) is 17.2 Å². The lowest BCUT2D eigenvalue weighted by molar-refractivity contribution is 1.18. The van der Waals surface area contributed by atoms with Gasteiger partial charge in [0.05, 0.1) is 22.1 Å². The zero-order valence-electron chi connectivity index (χ0n) is 23.1. The Bertz CT molecular complexity index is 2080. The average Bonchev–Trinajstić information content (AvgIpc) is 3.61. The number of nitrogens with zero attached hydrogens (tertiary/aromatic N) is 2. The molecule has 0 saturated heterocycles. The van der Waals surface area contributed by atoms with Crippen molar-refractivity contribution in [3.05, 3.63) is 133 Å². The Morgan fingerprint density at radius 2 is 0.707 bits per heavy atom. The first-order valence-electron chi connectivity index (χ1n) is 14.4. The summed E-state index contributed by atoms with van der Waals surface area (Å²) in [4.78, 5) is 0. The summed E-state index contributed by atoms with van der Waals surface area (Å²) in [7, 11) is -1.83. The highest BCUT2D eigenvalue weighted by molar-refractivity contribution is 7.03. The largest absolute Gasteiger partial charge is 0.309 e. The molecule has 0 N–H and O–H groups in total. The Balaban J connectivity index is 1.31. The van der Waals surface area contributed by atoms with Crippen LogP contribution in [0.3, 0.4) is 0 Å². The van der Waals surface area contributed by atoms with Crippen molar-refractivity contribution in [3.8, 4) is 22.5 Å². The van der Waals surface area contributed by atoms with E-state index >= 15 is 0 Å². The molecule has 1 aliphatic heterocycles. The van der Waals surface area contributed by atoms with Crippen molar-refractivity contribution in [1.29, 1.82) is 0 Å². The molecule has 0 amide bonds. The number of hydrogen-bond donors (Lipinski definition) is 0. The molecule has 8 aromatic rings. The van der Waals surface area contributed by atoms with Gasteiger partial charge < -0.3 is 9.13 Å². The molecule has 0 spiro atoms. The van der Waals surface area contributed by atoms with Crippen LogP contribution in [0.5, 0.6) is 0 Å². The van der Waals surface area contributed by atoms with Crippen LogP contribution in [0.4, 0.5) is 0 Å². The summed E-state index contributed by atoms with van der Waals surface area (Å²) < 4.78 is 4.88. The normalized spacial score (nSPS) is 13.8. The van der Waals surface area contributed by atoms with Crippen molar-refractivity contribution in [2.24, 2.45) is 0 Å². The Morgan fingerprint density at radius 1 is 0.390 bits per heavy atom. The smallest absolute Gasteiger partial charge is 0.113 e. The highest BCUT2D eigenvalue weighted by atomic mass is 28.3. The average molecular weight is 541 g/mol. The van der Waals surface area contributed by atoms with Crippen LogP contribution in [0.2, 0.25) is 13.1 Å². The molecule has 0 unspecified atom stereocenters. The van der Waals surface area contributed by atoms with Crippen LogP contribution in [0.1, 0.15) is 0 Å². The SMILES string of the molecule is C[Si]1(C)c2ccc(-n3c4ccccc4c4ccccc43)cc2-c2cc(-n3c4ccccc4c4ccccc43)ccc21. The zero-order valence-corrected chi connectivity index (χ0v) is 24.1. The minimum atomic E-state index is -1.83. The predicted octanol–water partition coefficient (Wildman–Crippen LogP) is 8.68. The second-order valence-corrected chi connectivity index (χ2v) is 16.2. The van der Waals surface area contributed by atoms with Crippen molar-refractivity contribution in [2.75, 3.05) is 0 Å². The molecule has 2 nitrogen and oxygen atoms in total. The van der Waals surface area contributed by atoms with E-state index in [-0.39, 0.29) is 0 Å². The van der Waals surface area contributed by atoms with Crippen LogP contribution in [0.15, 0.2) is 133 Å². The number of fused-ring (bicyclic) bond motifs is 9. The molecule has 9 rings (SSSR count). The quantitative estimate of drug-likeness (QED) is 0.194. The maximum Gasteiger partial charge on any atom is 0.113 e. The van der Waals surface area contributed by atoms with E-state index in [9.17, 15) is 0 Å². The third-order valence-corrected chi connectivity index (χ3v) is 12.9. The molecular formula is C38H28N2Si. The summed E-state index contributed by atoms with van der Waals surface area (Å²) in [6, 6.07) is 49.5. The molecule has 3 heteroatoms. The molecular weight excluding hydrogens is 513 g/mol. The summed E-state index contributed by atoms with van der Waals surface area (Å²) >= 11 is 0. The Labute approximate surface area is 239 Å². The minimum Gasteiger partial charge on any atom is -0.309 e. The van der Waals surface area contributed by atoms with E-state index in [2.05, 4.69) is 156 Å². The first-order chi connectivity index (χ1) is 20.1. The maximum absolute atomic E-state index is 2.50. The second-order valence-electron chi connectivity index (χ2n) is 11.8. The van der Waals surface area contributed by atoms with Gasteiger partial charge in [-0.2, -0.15) is 0 Å². The van der Waals surface area contributed by atoms with Gasteiger partial charge in [0.25, 0.3) is 0 Å². The lowest BCUT2D eigenvalue weighted by atomic mass is 10.0. The van der Waals surface area contributed by atoms with Gasteiger partial charge in [-0.25, -0.2) is 0 Å².